The molecule has 3 fully saturated rings. The van der Waals surface area contributed by atoms with Crippen LogP contribution in [0, 0.1) is 5.92 Å². The second-order valence-electron chi connectivity index (χ2n) is 7.51. The molecule has 0 aromatic carbocycles. The number of piperidine rings is 3. The number of likely N-dealkylation sites (tertiary alicyclic amines) is 1. The molecule has 3 unspecified atom stereocenters. The fourth-order valence-electron chi connectivity index (χ4n) is 4.62. The molecule has 3 aliphatic rings. The van der Waals surface area contributed by atoms with Crippen LogP contribution >= 0.6 is 0 Å². The first-order valence-corrected chi connectivity index (χ1v) is 9.41. The molecule has 0 aromatic heterocycles. The molecule has 3 aliphatic heterocycles. The highest BCUT2D eigenvalue weighted by Gasteiger charge is 2.33. The van der Waals surface area contributed by atoms with Crippen LogP contribution in [0.25, 0.3) is 0 Å². The Kier molecular flexibility index (Phi) is 5.96. The number of ether oxygens (including phenoxy) is 1. The summed E-state index contributed by atoms with van der Waals surface area (Å²) in [6.07, 6.45) is 11.6. The Morgan fingerprint density at radius 3 is 2.52 bits per heavy atom. The van der Waals surface area contributed by atoms with E-state index >= 15 is 0 Å². The summed E-state index contributed by atoms with van der Waals surface area (Å²) in [5.74, 6) is 0.794. The van der Waals surface area contributed by atoms with Gasteiger partial charge in [0.1, 0.15) is 0 Å². The number of nitrogens with zero attached hydrogens (tertiary/aromatic N) is 2. The van der Waals surface area contributed by atoms with Gasteiger partial charge in [0.15, 0.2) is 0 Å². The Morgan fingerprint density at radius 1 is 0.905 bits per heavy atom. The van der Waals surface area contributed by atoms with Gasteiger partial charge in [0.05, 0.1) is 12.7 Å². The van der Waals surface area contributed by atoms with E-state index in [2.05, 4.69) is 16.7 Å². The smallest absolute Gasteiger partial charge is 0.0674 e. The highest BCUT2D eigenvalue weighted by Crippen LogP contribution is 2.31. The molecule has 0 N–H and O–H groups in total. The third-order valence-electron chi connectivity index (χ3n) is 5.79. The quantitative estimate of drug-likeness (QED) is 0.775. The fraction of sp³-hybridized carbons (Fsp3) is 1.00. The summed E-state index contributed by atoms with van der Waals surface area (Å²) in [4.78, 5) is 5.35. The zero-order valence-electron chi connectivity index (χ0n) is 13.9. The summed E-state index contributed by atoms with van der Waals surface area (Å²) >= 11 is 0. The van der Waals surface area contributed by atoms with Gasteiger partial charge >= 0.3 is 0 Å². The minimum atomic E-state index is 0.405. The third kappa shape index (κ3) is 4.43. The molecule has 3 rings (SSSR count). The van der Waals surface area contributed by atoms with E-state index in [0.717, 1.165) is 25.1 Å². The van der Waals surface area contributed by atoms with E-state index < -0.39 is 0 Å². The predicted molar refractivity (Wildman–Crippen MR) is 87.6 cm³/mol. The van der Waals surface area contributed by atoms with Gasteiger partial charge in [-0.25, -0.2) is 0 Å². The Balaban J connectivity index is 1.40. The van der Waals surface area contributed by atoms with Crippen LogP contribution in [0.5, 0.6) is 0 Å². The van der Waals surface area contributed by atoms with Crippen LogP contribution in [0.3, 0.4) is 0 Å². The fourth-order valence-corrected chi connectivity index (χ4v) is 4.62. The summed E-state index contributed by atoms with van der Waals surface area (Å²) in [7, 11) is 0. The highest BCUT2D eigenvalue weighted by molar-refractivity contribution is 4.87. The van der Waals surface area contributed by atoms with Crippen molar-refractivity contribution in [3.63, 3.8) is 0 Å². The lowest BCUT2D eigenvalue weighted by atomic mass is 9.84. The lowest BCUT2D eigenvalue weighted by Gasteiger charge is -2.44. The topological polar surface area (TPSA) is 15.7 Å². The van der Waals surface area contributed by atoms with Crippen LogP contribution in [-0.2, 0) is 4.74 Å². The number of rotatable bonds is 5. The van der Waals surface area contributed by atoms with Crippen molar-refractivity contribution < 1.29 is 4.74 Å². The van der Waals surface area contributed by atoms with Crippen LogP contribution in [0.2, 0.25) is 0 Å². The van der Waals surface area contributed by atoms with E-state index in [0.29, 0.717) is 6.10 Å². The lowest BCUT2D eigenvalue weighted by molar-refractivity contribution is -0.0304. The molecule has 0 aliphatic carbocycles. The number of hydrogen-bond acceptors (Lipinski definition) is 3. The van der Waals surface area contributed by atoms with E-state index in [9.17, 15) is 0 Å². The molecule has 0 amide bonds. The first-order chi connectivity index (χ1) is 10.3. The van der Waals surface area contributed by atoms with Crippen molar-refractivity contribution in [2.75, 3.05) is 39.3 Å². The number of fused-ring (bicyclic) bond motifs is 1. The highest BCUT2D eigenvalue weighted by atomic mass is 16.5. The van der Waals surface area contributed by atoms with E-state index in [4.69, 9.17) is 4.74 Å². The van der Waals surface area contributed by atoms with Gasteiger partial charge in [0, 0.05) is 12.6 Å². The third-order valence-corrected chi connectivity index (χ3v) is 5.79. The molecule has 3 atom stereocenters. The van der Waals surface area contributed by atoms with Crippen LogP contribution in [0.4, 0.5) is 0 Å². The monoisotopic (exact) mass is 294 g/mol. The molecule has 0 radical (unpaired) electrons. The summed E-state index contributed by atoms with van der Waals surface area (Å²) in [6.45, 7) is 9.66. The van der Waals surface area contributed by atoms with E-state index in [1.165, 1.54) is 77.5 Å². The normalized spacial score (nSPS) is 33.6. The minimum Gasteiger partial charge on any atom is -0.377 e. The van der Waals surface area contributed by atoms with Gasteiger partial charge in [-0.1, -0.05) is 12.8 Å². The summed E-state index contributed by atoms with van der Waals surface area (Å²) in [5.41, 5.74) is 0. The molecule has 0 bridgehead atoms. The maximum Gasteiger partial charge on any atom is 0.0674 e. The van der Waals surface area contributed by atoms with Crippen molar-refractivity contribution >= 4 is 0 Å². The molecule has 0 spiro atoms. The van der Waals surface area contributed by atoms with Crippen LogP contribution in [-0.4, -0.2) is 61.3 Å². The van der Waals surface area contributed by atoms with Gasteiger partial charge in [-0.05, 0) is 77.5 Å². The van der Waals surface area contributed by atoms with Crippen molar-refractivity contribution in [3.05, 3.63) is 0 Å². The second kappa shape index (κ2) is 7.94. The molecule has 21 heavy (non-hydrogen) atoms. The van der Waals surface area contributed by atoms with E-state index in [-0.39, 0.29) is 0 Å². The predicted octanol–water partition coefficient (Wildman–Crippen LogP) is 3.14. The Bertz CT molecular complexity index is 302. The lowest BCUT2D eigenvalue weighted by Crippen LogP contribution is -2.49. The average Bonchev–Trinajstić information content (AvgIpc) is 2.54. The molecule has 122 valence electrons. The Morgan fingerprint density at radius 2 is 1.67 bits per heavy atom. The molecular formula is C18H34N2O. The van der Waals surface area contributed by atoms with Crippen molar-refractivity contribution in [1.29, 1.82) is 0 Å². The minimum absolute atomic E-state index is 0.405. The maximum absolute atomic E-state index is 6.26. The van der Waals surface area contributed by atoms with Crippen molar-refractivity contribution in [3.8, 4) is 0 Å². The molecule has 3 saturated heterocycles. The SMILES string of the molecule is CC(CN1CCCCC1)OCC1CCCN2CCCCC12. The van der Waals surface area contributed by atoms with Gasteiger partial charge in [-0.2, -0.15) is 0 Å². The largest absolute Gasteiger partial charge is 0.377 e. The van der Waals surface area contributed by atoms with Crippen LogP contribution < -0.4 is 0 Å². The summed E-state index contributed by atoms with van der Waals surface area (Å²) in [6, 6.07) is 0.828. The van der Waals surface area contributed by atoms with Gasteiger partial charge in [-0.3, -0.25) is 0 Å². The van der Waals surface area contributed by atoms with E-state index in [1.54, 1.807) is 0 Å². The molecule has 0 saturated carbocycles. The van der Waals surface area contributed by atoms with Crippen molar-refractivity contribution in [2.45, 2.75) is 70.4 Å². The zero-order chi connectivity index (χ0) is 14.5. The summed E-state index contributed by atoms with van der Waals surface area (Å²) in [5, 5.41) is 0. The molecule has 0 aromatic rings. The summed E-state index contributed by atoms with van der Waals surface area (Å²) < 4.78 is 6.26. The first kappa shape index (κ1) is 15.8. The van der Waals surface area contributed by atoms with Gasteiger partial charge in [0.2, 0.25) is 0 Å². The average molecular weight is 294 g/mol. The molecular weight excluding hydrogens is 260 g/mol. The molecule has 3 nitrogen and oxygen atoms in total. The standard InChI is InChI=1S/C18H34N2O/c1-16(14-19-10-4-2-5-11-19)21-15-17-8-7-13-20-12-6-3-9-18(17)20/h16-18H,2-15H2,1H3. The van der Waals surface area contributed by atoms with Crippen molar-refractivity contribution in [2.24, 2.45) is 5.92 Å². The van der Waals surface area contributed by atoms with Gasteiger partial charge in [0.25, 0.3) is 0 Å². The van der Waals surface area contributed by atoms with Crippen molar-refractivity contribution in [1.82, 2.24) is 9.80 Å². The van der Waals surface area contributed by atoms with Crippen LogP contribution in [0.15, 0.2) is 0 Å². The van der Waals surface area contributed by atoms with Gasteiger partial charge < -0.3 is 14.5 Å². The van der Waals surface area contributed by atoms with E-state index in [1.807, 2.05) is 0 Å². The maximum atomic E-state index is 6.26. The molecule has 3 heteroatoms. The van der Waals surface area contributed by atoms with Crippen LogP contribution in [0.1, 0.15) is 58.3 Å². The molecule has 3 heterocycles. The zero-order valence-corrected chi connectivity index (χ0v) is 13.9. The van der Waals surface area contributed by atoms with Gasteiger partial charge in [-0.15, -0.1) is 0 Å². The Hall–Kier alpha value is -0.120. The number of hydrogen-bond donors (Lipinski definition) is 0. The first-order valence-electron chi connectivity index (χ1n) is 9.41. The Labute approximate surface area is 131 Å². The second-order valence-corrected chi connectivity index (χ2v) is 7.51.